The van der Waals surface area contributed by atoms with Gasteiger partial charge in [0.1, 0.15) is 5.69 Å². The number of halogens is 1. The van der Waals surface area contributed by atoms with E-state index in [4.69, 9.17) is 21.4 Å². The maximum atomic E-state index is 13.1. The molecular weight excluding hydrogens is 412 g/mol. The zero-order valence-electron chi connectivity index (χ0n) is 17.9. The first kappa shape index (κ1) is 21.6. The van der Waals surface area contributed by atoms with E-state index < -0.39 is 0 Å². The highest BCUT2D eigenvalue weighted by Crippen LogP contribution is 2.29. The second-order valence-electron chi connectivity index (χ2n) is 7.81. The van der Waals surface area contributed by atoms with E-state index in [9.17, 15) is 4.79 Å². The van der Waals surface area contributed by atoms with E-state index in [1.807, 2.05) is 56.3 Å². The molecule has 7 heteroatoms. The maximum absolute atomic E-state index is 13.1. The van der Waals surface area contributed by atoms with Crippen LogP contribution in [0.1, 0.15) is 21.6 Å². The Morgan fingerprint density at radius 3 is 2.65 bits per heavy atom. The van der Waals surface area contributed by atoms with Crippen molar-refractivity contribution in [1.29, 1.82) is 0 Å². The lowest BCUT2D eigenvalue weighted by atomic mass is 10.1. The van der Waals surface area contributed by atoms with Crippen LogP contribution in [0.5, 0.6) is 0 Å². The Kier molecular flexibility index (Phi) is 6.70. The topological polar surface area (TPSA) is 59.4 Å². The molecule has 1 N–H and O–H groups in total. The number of morpholine rings is 1. The number of carbonyl (C=O) groups excluding carboxylic acids is 1. The van der Waals surface area contributed by atoms with E-state index in [0.717, 1.165) is 55.2 Å². The van der Waals surface area contributed by atoms with Gasteiger partial charge < -0.3 is 10.1 Å². The summed E-state index contributed by atoms with van der Waals surface area (Å²) < 4.78 is 7.10. The molecule has 4 rings (SSSR count). The van der Waals surface area contributed by atoms with Crippen molar-refractivity contribution in [3.05, 3.63) is 70.4 Å². The number of amides is 1. The molecule has 2 aromatic carbocycles. The molecule has 0 unspecified atom stereocenters. The Morgan fingerprint density at radius 1 is 1.13 bits per heavy atom. The van der Waals surface area contributed by atoms with Gasteiger partial charge in [-0.25, -0.2) is 4.68 Å². The van der Waals surface area contributed by atoms with Crippen LogP contribution in [0.25, 0.3) is 16.9 Å². The molecule has 1 aliphatic heterocycles. The first-order valence-corrected chi connectivity index (χ1v) is 10.9. The summed E-state index contributed by atoms with van der Waals surface area (Å²) in [5.74, 6) is -0.154. The summed E-state index contributed by atoms with van der Waals surface area (Å²) in [6.45, 7) is 8.72. The van der Waals surface area contributed by atoms with Gasteiger partial charge in [-0.15, -0.1) is 0 Å². The second kappa shape index (κ2) is 9.64. The fourth-order valence-electron chi connectivity index (χ4n) is 3.81. The number of rotatable bonds is 6. The lowest BCUT2D eigenvalue weighted by molar-refractivity contribution is 0.0383. The number of carbonyl (C=O) groups is 1. The molecule has 0 saturated carbocycles. The number of nitrogens with one attached hydrogen (secondary N) is 1. The van der Waals surface area contributed by atoms with E-state index in [1.165, 1.54) is 0 Å². The quantitative estimate of drug-likeness (QED) is 0.634. The molecule has 1 fully saturated rings. The van der Waals surface area contributed by atoms with Gasteiger partial charge in [-0.05, 0) is 37.6 Å². The van der Waals surface area contributed by atoms with Gasteiger partial charge in [0.2, 0.25) is 0 Å². The molecule has 3 aromatic rings. The van der Waals surface area contributed by atoms with Gasteiger partial charge in [0.05, 0.1) is 29.6 Å². The van der Waals surface area contributed by atoms with Gasteiger partial charge in [0.15, 0.2) is 0 Å². The third-order valence-corrected chi connectivity index (χ3v) is 5.82. The summed E-state index contributed by atoms with van der Waals surface area (Å²) >= 11 is 6.40. The first-order chi connectivity index (χ1) is 15.0. The van der Waals surface area contributed by atoms with Gasteiger partial charge in [-0.2, -0.15) is 5.10 Å². The summed E-state index contributed by atoms with van der Waals surface area (Å²) in [6.07, 6.45) is 0. The molecule has 2 heterocycles. The molecule has 0 spiro atoms. The summed E-state index contributed by atoms with van der Waals surface area (Å²) in [5.41, 5.74) is 5.05. The number of nitrogens with zero attached hydrogens (tertiary/aromatic N) is 3. The SMILES string of the molecule is Cc1ccc(-n2nc(-c3ccccc3Cl)cc2C(=O)NCCN2CCOCC2)c(C)c1. The van der Waals surface area contributed by atoms with Crippen LogP contribution in [0.4, 0.5) is 0 Å². The van der Waals surface area contributed by atoms with Crippen LogP contribution < -0.4 is 5.32 Å². The minimum atomic E-state index is -0.154. The summed E-state index contributed by atoms with van der Waals surface area (Å²) in [6, 6.07) is 15.5. The number of hydrogen-bond acceptors (Lipinski definition) is 4. The zero-order valence-corrected chi connectivity index (χ0v) is 18.7. The van der Waals surface area contributed by atoms with Gasteiger partial charge in [0, 0.05) is 31.7 Å². The highest BCUT2D eigenvalue weighted by atomic mass is 35.5. The minimum absolute atomic E-state index is 0.154. The fraction of sp³-hybridized carbons (Fsp3) is 0.333. The van der Waals surface area contributed by atoms with Crippen LogP contribution in [0, 0.1) is 13.8 Å². The van der Waals surface area contributed by atoms with E-state index >= 15 is 0 Å². The number of aromatic nitrogens is 2. The standard InChI is InChI=1S/C24H27ClN4O2/c1-17-7-8-22(18(2)15-17)29-23(16-21(27-29)19-5-3-4-6-20(19)25)24(30)26-9-10-28-11-13-31-14-12-28/h3-8,15-16H,9-14H2,1-2H3,(H,26,30). The van der Waals surface area contributed by atoms with Gasteiger partial charge in [-0.3, -0.25) is 9.69 Å². The lowest BCUT2D eigenvalue weighted by Crippen LogP contribution is -2.41. The van der Waals surface area contributed by atoms with Crippen LogP contribution >= 0.6 is 11.6 Å². The molecule has 6 nitrogen and oxygen atoms in total. The third-order valence-electron chi connectivity index (χ3n) is 5.49. The highest BCUT2D eigenvalue weighted by molar-refractivity contribution is 6.33. The Balaban J connectivity index is 1.63. The molecule has 31 heavy (non-hydrogen) atoms. The molecule has 0 aliphatic carbocycles. The summed E-state index contributed by atoms with van der Waals surface area (Å²) in [4.78, 5) is 15.4. The summed E-state index contributed by atoms with van der Waals surface area (Å²) in [5, 5.41) is 8.42. The van der Waals surface area contributed by atoms with Gasteiger partial charge in [-0.1, -0.05) is 47.5 Å². The molecule has 162 valence electrons. The van der Waals surface area contributed by atoms with Gasteiger partial charge >= 0.3 is 0 Å². The molecule has 1 aliphatic rings. The van der Waals surface area contributed by atoms with Crippen LogP contribution in [0.3, 0.4) is 0 Å². The zero-order chi connectivity index (χ0) is 21.8. The van der Waals surface area contributed by atoms with E-state index in [0.29, 0.717) is 23.0 Å². The van der Waals surface area contributed by atoms with Crippen molar-refractivity contribution in [2.45, 2.75) is 13.8 Å². The minimum Gasteiger partial charge on any atom is -0.379 e. The Bertz CT molecular complexity index is 1070. The number of benzene rings is 2. The van der Waals surface area contributed by atoms with E-state index in [2.05, 4.69) is 16.3 Å². The molecule has 0 atom stereocenters. The smallest absolute Gasteiger partial charge is 0.270 e. The van der Waals surface area contributed by atoms with E-state index in [1.54, 1.807) is 4.68 Å². The predicted octanol–water partition coefficient (Wildman–Crippen LogP) is 3.87. The highest BCUT2D eigenvalue weighted by Gasteiger charge is 2.20. The second-order valence-corrected chi connectivity index (χ2v) is 8.21. The number of hydrogen-bond donors (Lipinski definition) is 1. The molecule has 1 saturated heterocycles. The fourth-order valence-corrected chi connectivity index (χ4v) is 4.05. The van der Waals surface area contributed by atoms with Crippen LogP contribution in [-0.2, 0) is 4.74 Å². The van der Waals surface area contributed by atoms with Crippen LogP contribution in [-0.4, -0.2) is 60.0 Å². The summed E-state index contributed by atoms with van der Waals surface area (Å²) in [7, 11) is 0. The van der Waals surface area contributed by atoms with Crippen LogP contribution in [0.2, 0.25) is 5.02 Å². The third kappa shape index (κ3) is 4.98. The molecular formula is C24H27ClN4O2. The first-order valence-electron chi connectivity index (χ1n) is 10.5. The molecule has 0 bridgehead atoms. The average Bonchev–Trinajstić information content (AvgIpc) is 3.20. The van der Waals surface area contributed by atoms with Crippen molar-refractivity contribution in [1.82, 2.24) is 20.0 Å². The number of aryl methyl sites for hydroxylation is 2. The predicted molar refractivity (Wildman–Crippen MR) is 123 cm³/mol. The molecule has 1 aromatic heterocycles. The van der Waals surface area contributed by atoms with Crippen molar-refractivity contribution < 1.29 is 9.53 Å². The maximum Gasteiger partial charge on any atom is 0.270 e. The Morgan fingerprint density at radius 2 is 1.90 bits per heavy atom. The normalized spacial score (nSPS) is 14.5. The molecule has 1 amide bonds. The Labute approximate surface area is 187 Å². The Hall–Kier alpha value is -2.67. The lowest BCUT2D eigenvalue weighted by Gasteiger charge is -2.26. The van der Waals surface area contributed by atoms with Crippen molar-refractivity contribution in [2.75, 3.05) is 39.4 Å². The monoisotopic (exact) mass is 438 g/mol. The van der Waals surface area contributed by atoms with Crippen molar-refractivity contribution in [3.63, 3.8) is 0 Å². The largest absolute Gasteiger partial charge is 0.379 e. The van der Waals surface area contributed by atoms with Crippen molar-refractivity contribution in [2.24, 2.45) is 0 Å². The van der Waals surface area contributed by atoms with E-state index in [-0.39, 0.29) is 5.91 Å². The average molecular weight is 439 g/mol. The van der Waals surface area contributed by atoms with Crippen LogP contribution in [0.15, 0.2) is 48.5 Å². The van der Waals surface area contributed by atoms with Crippen molar-refractivity contribution in [3.8, 4) is 16.9 Å². The van der Waals surface area contributed by atoms with Gasteiger partial charge in [0.25, 0.3) is 5.91 Å². The number of ether oxygens (including phenoxy) is 1. The van der Waals surface area contributed by atoms with Crippen molar-refractivity contribution >= 4 is 17.5 Å². The molecule has 0 radical (unpaired) electrons.